The highest BCUT2D eigenvalue weighted by molar-refractivity contribution is 5.91. The highest BCUT2D eigenvalue weighted by Crippen LogP contribution is 2.48. The van der Waals surface area contributed by atoms with E-state index in [1.54, 1.807) is 6.92 Å². The lowest BCUT2D eigenvalue weighted by Gasteiger charge is -2.48. The van der Waals surface area contributed by atoms with Crippen LogP contribution in [0.1, 0.15) is 72.9 Å². The second kappa shape index (κ2) is 11.8. The number of rotatable bonds is 6. The van der Waals surface area contributed by atoms with Crippen LogP contribution in [-0.4, -0.2) is 29.7 Å². The third-order valence-electron chi connectivity index (χ3n) is 7.75. The maximum atomic E-state index is 13.8. The van der Waals surface area contributed by atoms with Gasteiger partial charge in [0.2, 0.25) is 0 Å². The number of carbonyl (C=O) groups excluding carboxylic acids is 2. The van der Waals surface area contributed by atoms with E-state index in [0.29, 0.717) is 37.5 Å². The van der Waals surface area contributed by atoms with Crippen molar-refractivity contribution in [2.24, 2.45) is 11.7 Å². The molecule has 2 aromatic carbocycles. The number of benzene rings is 2. The van der Waals surface area contributed by atoms with E-state index in [-0.39, 0.29) is 36.3 Å². The van der Waals surface area contributed by atoms with Crippen molar-refractivity contribution in [1.82, 2.24) is 4.90 Å². The molecule has 6 nitrogen and oxygen atoms in total. The van der Waals surface area contributed by atoms with Crippen molar-refractivity contribution in [2.45, 2.75) is 76.2 Å². The first-order chi connectivity index (χ1) is 19.9. The van der Waals surface area contributed by atoms with Crippen LogP contribution in [0.25, 0.3) is 0 Å². The first-order valence-electron chi connectivity index (χ1n) is 13.4. The number of hydrogen-bond acceptors (Lipinski definition) is 3. The first-order valence-corrected chi connectivity index (χ1v) is 13.4. The van der Waals surface area contributed by atoms with Crippen LogP contribution in [0.3, 0.4) is 0 Å². The molecule has 1 fully saturated rings. The largest absolute Gasteiger partial charge is 0.449 e. The van der Waals surface area contributed by atoms with Crippen LogP contribution < -0.4 is 10.6 Å². The molecule has 2 atom stereocenters. The van der Waals surface area contributed by atoms with E-state index in [1.807, 2.05) is 0 Å². The normalized spacial score (nSPS) is 19.4. The molecule has 0 saturated heterocycles. The van der Waals surface area contributed by atoms with Crippen LogP contribution in [-0.2, 0) is 29.8 Å². The summed E-state index contributed by atoms with van der Waals surface area (Å²) in [5.74, 6) is -0.146. The minimum atomic E-state index is -5.17. The quantitative estimate of drug-likeness (QED) is 0.328. The van der Waals surface area contributed by atoms with E-state index in [1.165, 1.54) is 4.90 Å². The van der Waals surface area contributed by atoms with Gasteiger partial charge in [-0.1, -0.05) is 13.3 Å². The molecule has 0 spiro atoms. The Kier molecular flexibility index (Phi) is 8.85. The van der Waals surface area contributed by atoms with Crippen molar-refractivity contribution >= 4 is 17.8 Å². The fourth-order valence-corrected chi connectivity index (χ4v) is 5.52. The Morgan fingerprint density at radius 1 is 0.907 bits per heavy atom. The molecule has 0 bridgehead atoms. The van der Waals surface area contributed by atoms with Gasteiger partial charge in [-0.3, -0.25) is 4.90 Å². The van der Waals surface area contributed by atoms with Gasteiger partial charge in [-0.25, -0.2) is 9.59 Å². The Morgan fingerprint density at radius 2 is 1.49 bits per heavy atom. The fraction of sp³-hybridized carbons (Fsp3) is 0.500. The number of amides is 3. The number of fused-ring (bicyclic) bond motifs is 1. The van der Waals surface area contributed by atoms with Gasteiger partial charge in [-0.15, -0.1) is 0 Å². The van der Waals surface area contributed by atoms with Crippen molar-refractivity contribution in [3.8, 4) is 0 Å². The van der Waals surface area contributed by atoms with E-state index in [0.717, 1.165) is 23.5 Å². The summed E-state index contributed by atoms with van der Waals surface area (Å²) in [7, 11) is 0. The molecule has 15 heteroatoms. The van der Waals surface area contributed by atoms with Crippen LogP contribution in [0.5, 0.6) is 0 Å². The number of anilines is 1. The first kappa shape index (κ1) is 32.3. The Bertz CT molecular complexity index is 1320. The SMILES string of the molecule is CCCOC(=O)N1c2ccc(C(F)(F)F)cc2C(N(Cc2cc(C(F)(F)F)cc(C(F)(F)F)c2)C(N)=O)CC1C1CCC1. The van der Waals surface area contributed by atoms with Gasteiger partial charge in [0.25, 0.3) is 0 Å². The number of nitrogens with two attached hydrogens (primary N) is 1. The molecule has 2 unspecified atom stereocenters. The van der Waals surface area contributed by atoms with E-state index >= 15 is 0 Å². The monoisotopic (exact) mass is 625 g/mol. The average Bonchev–Trinajstić information content (AvgIpc) is 2.86. The van der Waals surface area contributed by atoms with Crippen LogP contribution in [0.4, 0.5) is 54.8 Å². The summed E-state index contributed by atoms with van der Waals surface area (Å²) in [5.41, 5.74) is 0.408. The number of alkyl halides is 9. The third kappa shape index (κ3) is 6.96. The maximum Gasteiger partial charge on any atom is 0.416 e. The Labute approximate surface area is 240 Å². The van der Waals surface area contributed by atoms with Gasteiger partial charge in [0.1, 0.15) is 0 Å². The number of halogens is 9. The molecule has 3 amide bonds. The molecule has 2 aliphatic rings. The lowest BCUT2D eigenvalue weighted by Crippen LogP contribution is -2.53. The maximum absolute atomic E-state index is 13.8. The van der Waals surface area contributed by atoms with Gasteiger partial charge in [-0.2, -0.15) is 39.5 Å². The summed E-state index contributed by atoms with van der Waals surface area (Å²) in [6.07, 6.45) is -13.6. The number of nitrogens with zero attached hydrogens (tertiary/aromatic N) is 2. The Balaban J connectivity index is 1.86. The van der Waals surface area contributed by atoms with Crippen molar-refractivity contribution < 1.29 is 53.8 Å². The minimum Gasteiger partial charge on any atom is -0.449 e. The molecular formula is C28H28F9N3O3. The molecule has 43 heavy (non-hydrogen) atoms. The van der Waals surface area contributed by atoms with Gasteiger partial charge < -0.3 is 15.4 Å². The molecule has 4 rings (SSSR count). The topological polar surface area (TPSA) is 75.9 Å². The molecule has 1 aliphatic heterocycles. The molecule has 2 aromatic rings. The highest BCUT2D eigenvalue weighted by atomic mass is 19.4. The smallest absolute Gasteiger partial charge is 0.416 e. The summed E-state index contributed by atoms with van der Waals surface area (Å²) in [6, 6.07) is -0.00626. The minimum absolute atomic E-state index is 0.0199. The van der Waals surface area contributed by atoms with Gasteiger partial charge in [0.05, 0.1) is 35.0 Å². The Hall–Kier alpha value is -3.65. The van der Waals surface area contributed by atoms with E-state index in [9.17, 15) is 49.1 Å². The molecule has 0 aromatic heterocycles. The standard InChI is InChI=1S/C28H28F9N3O3/c1-2-8-43-25(42)40-21-7-6-17(26(29,30)31)12-20(21)23(13-22(40)16-4-3-5-16)39(24(38)41)14-15-9-18(27(32,33)34)11-19(10-15)28(35,36)37/h6-7,9-12,16,22-23H,2-5,8,13-14H2,1H3,(H2,38,41). The molecule has 0 radical (unpaired) electrons. The lowest BCUT2D eigenvalue weighted by atomic mass is 9.74. The molecular weight excluding hydrogens is 597 g/mol. The van der Waals surface area contributed by atoms with Crippen molar-refractivity contribution in [3.05, 3.63) is 64.2 Å². The predicted octanol–water partition coefficient (Wildman–Crippen LogP) is 8.29. The lowest BCUT2D eigenvalue weighted by molar-refractivity contribution is -0.143. The zero-order valence-corrected chi connectivity index (χ0v) is 22.7. The van der Waals surface area contributed by atoms with E-state index in [4.69, 9.17) is 10.5 Å². The van der Waals surface area contributed by atoms with Crippen LogP contribution in [0.2, 0.25) is 0 Å². The van der Waals surface area contributed by atoms with Crippen molar-refractivity contribution in [3.63, 3.8) is 0 Å². The fourth-order valence-electron chi connectivity index (χ4n) is 5.52. The molecule has 236 valence electrons. The van der Waals surface area contributed by atoms with E-state index in [2.05, 4.69) is 0 Å². The zero-order valence-electron chi connectivity index (χ0n) is 22.7. The Morgan fingerprint density at radius 3 is 1.95 bits per heavy atom. The predicted molar refractivity (Wildman–Crippen MR) is 136 cm³/mol. The average molecular weight is 626 g/mol. The molecule has 1 aliphatic carbocycles. The van der Waals surface area contributed by atoms with Gasteiger partial charge in [-0.05, 0) is 79.1 Å². The number of primary amides is 1. The summed E-state index contributed by atoms with van der Waals surface area (Å²) in [4.78, 5) is 27.9. The van der Waals surface area contributed by atoms with Crippen LogP contribution in [0.15, 0.2) is 36.4 Å². The van der Waals surface area contributed by atoms with Gasteiger partial charge in [0, 0.05) is 12.6 Å². The summed E-state index contributed by atoms with van der Waals surface area (Å²) in [5, 5.41) is 0. The summed E-state index contributed by atoms with van der Waals surface area (Å²) < 4.78 is 128. The van der Waals surface area contributed by atoms with Crippen molar-refractivity contribution in [1.29, 1.82) is 0 Å². The van der Waals surface area contributed by atoms with Crippen LogP contribution >= 0.6 is 0 Å². The highest BCUT2D eigenvalue weighted by Gasteiger charge is 2.46. The molecule has 1 saturated carbocycles. The second-order valence-corrected chi connectivity index (χ2v) is 10.6. The zero-order chi connectivity index (χ0) is 31.9. The van der Waals surface area contributed by atoms with Gasteiger partial charge in [0.15, 0.2) is 0 Å². The van der Waals surface area contributed by atoms with Crippen molar-refractivity contribution in [2.75, 3.05) is 11.5 Å². The second-order valence-electron chi connectivity index (χ2n) is 10.6. The number of ether oxygens (including phenoxy) is 1. The van der Waals surface area contributed by atoms with Gasteiger partial charge >= 0.3 is 30.7 Å². The van der Waals surface area contributed by atoms with Crippen LogP contribution in [0, 0.1) is 5.92 Å². The van der Waals surface area contributed by atoms with E-state index < -0.39 is 71.5 Å². The number of hydrogen-bond donors (Lipinski definition) is 1. The summed E-state index contributed by atoms with van der Waals surface area (Å²) >= 11 is 0. The molecule has 1 heterocycles. The third-order valence-corrected chi connectivity index (χ3v) is 7.75. The molecule has 2 N–H and O–H groups in total. The summed E-state index contributed by atoms with van der Waals surface area (Å²) in [6.45, 7) is 0.895. The number of urea groups is 1. The number of carbonyl (C=O) groups is 2.